The predicted octanol–water partition coefficient (Wildman–Crippen LogP) is 3.01. The first-order chi connectivity index (χ1) is 16.4. The summed E-state index contributed by atoms with van der Waals surface area (Å²) in [5.74, 6) is 0.749. The van der Waals surface area contributed by atoms with E-state index in [4.69, 9.17) is 11.6 Å². The Morgan fingerprint density at radius 2 is 1.88 bits per heavy atom. The highest BCUT2D eigenvalue weighted by molar-refractivity contribution is 6.31. The van der Waals surface area contributed by atoms with Gasteiger partial charge in [0.15, 0.2) is 0 Å². The van der Waals surface area contributed by atoms with Crippen molar-refractivity contribution in [3.63, 3.8) is 0 Å². The Bertz CT molecular complexity index is 1200. The van der Waals surface area contributed by atoms with Crippen LogP contribution in [0.4, 0.5) is 10.5 Å². The van der Waals surface area contributed by atoms with Gasteiger partial charge in [-0.2, -0.15) is 9.78 Å². The SMILES string of the molecule is CC(=O)N(C)c1cnn(C(=O)N2CC3CN(Cc4ccc(-c5cnccn5)cc4Cl)CC3C2)c1. The highest BCUT2D eigenvalue weighted by atomic mass is 35.5. The van der Waals surface area contributed by atoms with Gasteiger partial charge in [-0.3, -0.25) is 19.7 Å². The lowest BCUT2D eigenvalue weighted by molar-refractivity contribution is -0.116. The topological polar surface area (TPSA) is 87.5 Å². The minimum absolute atomic E-state index is 0.105. The number of fused-ring (bicyclic) bond motifs is 1. The van der Waals surface area contributed by atoms with Gasteiger partial charge in [0, 0.05) is 69.7 Å². The number of hydrogen-bond donors (Lipinski definition) is 0. The summed E-state index contributed by atoms with van der Waals surface area (Å²) in [6.45, 7) is 5.52. The number of hydrogen-bond acceptors (Lipinski definition) is 6. The Balaban J connectivity index is 1.18. The van der Waals surface area contributed by atoms with Crippen LogP contribution in [0.15, 0.2) is 49.2 Å². The first-order valence-electron chi connectivity index (χ1n) is 11.2. The number of halogens is 1. The van der Waals surface area contributed by atoms with Crippen molar-refractivity contribution in [2.45, 2.75) is 13.5 Å². The molecule has 2 aromatic heterocycles. The molecular formula is C24H26ClN7O2. The second-order valence-electron chi connectivity index (χ2n) is 9.02. The number of anilines is 1. The Hall–Kier alpha value is -3.30. The van der Waals surface area contributed by atoms with Gasteiger partial charge in [-0.05, 0) is 23.5 Å². The van der Waals surface area contributed by atoms with Crippen LogP contribution in [0.2, 0.25) is 5.02 Å². The fourth-order valence-electron chi connectivity index (χ4n) is 4.82. The Labute approximate surface area is 203 Å². The van der Waals surface area contributed by atoms with Crippen LogP contribution in [0.3, 0.4) is 0 Å². The molecule has 0 N–H and O–H groups in total. The molecule has 2 unspecified atom stereocenters. The maximum atomic E-state index is 12.9. The molecule has 9 nitrogen and oxygen atoms in total. The van der Waals surface area contributed by atoms with Crippen LogP contribution in [0.5, 0.6) is 0 Å². The number of carbonyl (C=O) groups excluding carboxylic acids is 2. The first kappa shape index (κ1) is 22.5. The normalized spacial score (nSPS) is 19.9. The number of rotatable bonds is 4. The van der Waals surface area contributed by atoms with Gasteiger partial charge < -0.3 is 9.80 Å². The molecule has 0 saturated carbocycles. The van der Waals surface area contributed by atoms with Crippen molar-refractivity contribution in [1.29, 1.82) is 0 Å². The van der Waals surface area contributed by atoms with Crippen LogP contribution in [-0.4, -0.2) is 74.7 Å². The van der Waals surface area contributed by atoms with Gasteiger partial charge in [0.05, 0.1) is 30.0 Å². The monoisotopic (exact) mass is 479 g/mol. The summed E-state index contributed by atoms with van der Waals surface area (Å²) in [7, 11) is 1.67. The molecule has 2 aliphatic heterocycles. The van der Waals surface area contributed by atoms with Gasteiger partial charge >= 0.3 is 6.03 Å². The summed E-state index contributed by atoms with van der Waals surface area (Å²) in [5.41, 5.74) is 3.44. The van der Waals surface area contributed by atoms with Gasteiger partial charge in [-0.15, -0.1) is 0 Å². The van der Waals surface area contributed by atoms with Crippen molar-refractivity contribution in [3.05, 3.63) is 59.8 Å². The highest BCUT2D eigenvalue weighted by Crippen LogP contribution is 2.33. The van der Waals surface area contributed by atoms with E-state index in [2.05, 4.69) is 26.0 Å². The van der Waals surface area contributed by atoms with E-state index in [1.807, 2.05) is 17.0 Å². The minimum Gasteiger partial charge on any atom is -0.322 e. The Morgan fingerprint density at radius 1 is 1.12 bits per heavy atom. The molecule has 176 valence electrons. The van der Waals surface area contributed by atoms with Crippen LogP contribution in [0.1, 0.15) is 12.5 Å². The van der Waals surface area contributed by atoms with Crippen LogP contribution < -0.4 is 4.90 Å². The molecule has 0 radical (unpaired) electrons. The van der Waals surface area contributed by atoms with Gasteiger partial charge in [0.25, 0.3) is 0 Å². The zero-order valence-electron chi connectivity index (χ0n) is 19.1. The summed E-state index contributed by atoms with van der Waals surface area (Å²) in [5, 5.41) is 4.89. The molecule has 3 aromatic rings. The maximum absolute atomic E-state index is 12.9. The third-order valence-electron chi connectivity index (χ3n) is 6.76. The molecule has 4 heterocycles. The van der Waals surface area contributed by atoms with Crippen molar-refractivity contribution in [2.24, 2.45) is 11.8 Å². The molecule has 0 spiro atoms. The molecular weight excluding hydrogens is 454 g/mol. The summed E-state index contributed by atoms with van der Waals surface area (Å²) in [4.78, 5) is 38.7. The fraction of sp³-hybridized carbons (Fsp3) is 0.375. The second-order valence-corrected chi connectivity index (χ2v) is 9.43. The molecule has 1 aromatic carbocycles. The molecule has 5 rings (SSSR count). The lowest BCUT2D eigenvalue weighted by atomic mass is 10.0. The van der Waals surface area contributed by atoms with Crippen molar-refractivity contribution >= 4 is 29.2 Å². The summed E-state index contributed by atoms with van der Waals surface area (Å²) < 4.78 is 1.33. The molecule has 2 fully saturated rings. The predicted molar refractivity (Wildman–Crippen MR) is 128 cm³/mol. The molecule has 2 aliphatic rings. The molecule has 10 heteroatoms. The quantitative estimate of drug-likeness (QED) is 0.571. The minimum atomic E-state index is -0.146. The fourth-order valence-corrected chi connectivity index (χ4v) is 5.06. The second kappa shape index (κ2) is 9.15. The van der Waals surface area contributed by atoms with Crippen LogP contribution >= 0.6 is 11.6 Å². The van der Waals surface area contributed by atoms with Crippen molar-refractivity contribution in [3.8, 4) is 11.3 Å². The lowest BCUT2D eigenvalue weighted by Gasteiger charge is -2.22. The van der Waals surface area contributed by atoms with Crippen molar-refractivity contribution in [2.75, 3.05) is 38.1 Å². The van der Waals surface area contributed by atoms with Crippen molar-refractivity contribution < 1.29 is 9.59 Å². The number of carbonyl (C=O) groups is 2. The van der Waals surface area contributed by atoms with E-state index in [0.717, 1.165) is 41.5 Å². The molecule has 2 atom stereocenters. The van der Waals surface area contributed by atoms with Crippen LogP contribution in [0.25, 0.3) is 11.3 Å². The Morgan fingerprint density at radius 3 is 2.53 bits per heavy atom. The first-order valence-corrected chi connectivity index (χ1v) is 11.6. The number of benzene rings is 1. The van der Waals surface area contributed by atoms with Gasteiger partial charge in [-0.25, -0.2) is 4.79 Å². The largest absolute Gasteiger partial charge is 0.344 e. The standard InChI is InChI=1S/C24H26ClN7O2/c1-16(33)29(2)21-8-28-32(15-21)24(34)31-13-19-11-30(12-20(19)14-31)10-18-4-3-17(7-22(18)25)23-9-26-5-6-27-23/h3-9,15,19-20H,10-14H2,1-2H3. The van der Waals surface area contributed by atoms with Gasteiger partial charge in [0.2, 0.25) is 5.91 Å². The van der Waals surface area contributed by atoms with E-state index in [9.17, 15) is 9.59 Å². The zero-order valence-corrected chi connectivity index (χ0v) is 19.9. The zero-order chi connectivity index (χ0) is 23.8. The molecule has 2 saturated heterocycles. The van der Waals surface area contributed by atoms with E-state index in [-0.39, 0.29) is 11.9 Å². The maximum Gasteiger partial charge on any atom is 0.344 e. The number of nitrogens with zero attached hydrogens (tertiary/aromatic N) is 7. The average molecular weight is 480 g/mol. The van der Waals surface area contributed by atoms with E-state index in [1.165, 1.54) is 22.7 Å². The molecule has 34 heavy (non-hydrogen) atoms. The Kier molecular flexibility index (Phi) is 6.05. The summed E-state index contributed by atoms with van der Waals surface area (Å²) in [6.07, 6.45) is 8.20. The smallest absolute Gasteiger partial charge is 0.322 e. The number of amides is 2. The summed E-state index contributed by atoms with van der Waals surface area (Å²) in [6, 6.07) is 5.89. The van der Waals surface area contributed by atoms with E-state index in [0.29, 0.717) is 30.6 Å². The number of aromatic nitrogens is 4. The lowest BCUT2D eigenvalue weighted by Crippen LogP contribution is -2.36. The number of likely N-dealkylation sites (tertiary alicyclic amines) is 2. The van der Waals surface area contributed by atoms with Crippen molar-refractivity contribution in [1.82, 2.24) is 29.5 Å². The van der Waals surface area contributed by atoms with Gasteiger partial charge in [0.1, 0.15) is 0 Å². The highest BCUT2D eigenvalue weighted by Gasteiger charge is 2.42. The van der Waals surface area contributed by atoms with Crippen LogP contribution in [0, 0.1) is 11.8 Å². The van der Waals surface area contributed by atoms with E-state index < -0.39 is 0 Å². The van der Waals surface area contributed by atoms with Gasteiger partial charge in [-0.1, -0.05) is 23.7 Å². The summed E-state index contributed by atoms with van der Waals surface area (Å²) >= 11 is 6.59. The van der Waals surface area contributed by atoms with Crippen LogP contribution in [-0.2, 0) is 11.3 Å². The van der Waals surface area contributed by atoms with E-state index in [1.54, 1.807) is 31.8 Å². The molecule has 0 bridgehead atoms. The average Bonchev–Trinajstić information content (AvgIpc) is 3.55. The molecule has 2 amide bonds. The molecule has 0 aliphatic carbocycles. The third kappa shape index (κ3) is 4.41. The third-order valence-corrected chi connectivity index (χ3v) is 7.11. The van der Waals surface area contributed by atoms with E-state index >= 15 is 0 Å².